The van der Waals surface area contributed by atoms with Crippen LogP contribution in [0.15, 0.2) is 12.3 Å². The van der Waals surface area contributed by atoms with Gasteiger partial charge < -0.3 is 0 Å². The zero-order valence-electron chi connectivity index (χ0n) is 5.84. The molecule has 0 unspecified atom stereocenters. The van der Waals surface area contributed by atoms with Gasteiger partial charge >= 0.3 is 6.18 Å². The van der Waals surface area contributed by atoms with E-state index >= 15 is 0 Å². The lowest BCUT2D eigenvalue weighted by Crippen LogP contribution is -2.13. The predicted octanol–water partition coefficient (Wildman–Crippen LogP) is 1.43. The molecule has 0 N–H and O–H groups in total. The van der Waals surface area contributed by atoms with Gasteiger partial charge in [-0.1, -0.05) is 0 Å². The van der Waals surface area contributed by atoms with Gasteiger partial charge in [0, 0.05) is 6.20 Å². The molecule has 0 bridgehead atoms. The third-order valence-corrected chi connectivity index (χ3v) is 1.23. The smallest absolute Gasteiger partial charge is 0.246 e. The Hall–Kier alpha value is -1.51. The Morgan fingerprint density at radius 2 is 2.25 bits per heavy atom. The summed E-state index contributed by atoms with van der Waals surface area (Å²) in [4.78, 5) is 0. The van der Waals surface area contributed by atoms with Crippen LogP contribution in [0.2, 0.25) is 0 Å². The van der Waals surface area contributed by atoms with Crippen LogP contribution < -0.4 is 0 Å². The molecule has 3 nitrogen and oxygen atoms in total. The Kier molecular flexibility index (Phi) is 2.04. The average molecular weight is 175 g/mol. The van der Waals surface area contributed by atoms with Crippen molar-refractivity contribution in [3.8, 4) is 6.07 Å². The quantitative estimate of drug-likeness (QED) is 0.647. The van der Waals surface area contributed by atoms with Crippen LogP contribution in [0, 0.1) is 11.3 Å². The highest BCUT2D eigenvalue weighted by atomic mass is 19.4. The Bertz CT molecular complexity index is 307. The summed E-state index contributed by atoms with van der Waals surface area (Å²) in [5, 5.41) is 11.5. The molecule has 1 aromatic rings. The van der Waals surface area contributed by atoms with Crippen LogP contribution in [0.1, 0.15) is 5.69 Å². The number of hydrogen-bond donors (Lipinski definition) is 0. The minimum absolute atomic E-state index is 0.387. The van der Waals surface area contributed by atoms with E-state index in [0.29, 0.717) is 4.68 Å². The van der Waals surface area contributed by atoms with Crippen LogP contribution in [-0.2, 0) is 12.7 Å². The lowest BCUT2D eigenvalue weighted by atomic mass is 10.4. The zero-order valence-corrected chi connectivity index (χ0v) is 5.84. The van der Waals surface area contributed by atoms with Crippen molar-refractivity contribution < 1.29 is 13.2 Å². The summed E-state index contributed by atoms with van der Waals surface area (Å²) in [6.07, 6.45) is -3.42. The summed E-state index contributed by atoms with van der Waals surface area (Å²) in [5.74, 6) is 0. The van der Waals surface area contributed by atoms with E-state index in [1.54, 1.807) is 6.07 Å². The van der Waals surface area contributed by atoms with Crippen LogP contribution in [0.5, 0.6) is 0 Å². The van der Waals surface area contributed by atoms with Crippen LogP contribution in [0.25, 0.3) is 0 Å². The maximum absolute atomic E-state index is 12.0. The van der Waals surface area contributed by atoms with Crippen LogP contribution in [0.3, 0.4) is 0 Å². The van der Waals surface area contributed by atoms with Gasteiger partial charge in [0.15, 0.2) is 0 Å². The van der Waals surface area contributed by atoms with E-state index in [2.05, 4.69) is 5.10 Å². The number of hydrogen-bond acceptors (Lipinski definition) is 2. The maximum Gasteiger partial charge on any atom is 0.433 e. The van der Waals surface area contributed by atoms with E-state index in [4.69, 9.17) is 5.26 Å². The number of nitriles is 1. The van der Waals surface area contributed by atoms with Gasteiger partial charge in [0.25, 0.3) is 0 Å². The van der Waals surface area contributed by atoms with E-state index in [9.17, 15) is 13.2 Å². The molecule has 0 aliphatic rings. The van der Waals surface area contributed by atoms with Crippen LogP contribution in [-0.4, -0.2) is 9.78 Å². The molecule has 6 heteroatoms. The standard InChI is InChI=1S/C6H4F3N3/c7-6(8,9)5-1-3-11-12(5)4-2-10/h1,3H,4H2. The molecule has 0 amide bonds. The van der Waals surface area contributed by atoms with Gasteiger partial charge in [-0.15, -0.1) is 0 Å². The van der Waals surface area contributed by atoms with Gasteiger partial charge in [-0.2, -0.15) is 23.5 Å². The molecule has 0 spiro atoms. The minimum atomic E-state index is -4.44. The van der Waals surface area contributed by atoms with Gasteiger partial charge in [-0.25, -0.2) is 4.68 Å². The molecule has 0 saturated carbocycles. The number of halogens is 3. The van der Waals surface area contributed by atoms with Crippen molar-refractivity contribution in [3.63, 3.8) is 0 Å². The second-order valence-electron chi connectivity index (χ2n) is 2.03. The largest absolute Gasteiger partial charge is 0.433 e. The second kappa shape index (κ2) is 2.85. The van der Waals surface area contributed by atoms with E-state index in [1.165, 1.54) is 0 Å². The molecule has 1 aromatic heterocycles. The zero-order chi connectivity index (χ0) is 9.19. The van der Waals surface area contributed by atoms with Crippen LogP contribution >= 0.6 is 0 Å². The summed E-state index contributed by atoms with van der Waals surface area (Å²) < 4.78 is 36.7. The van der Waals surface area contributed by atoms with Crippen molar-refractivity contribution >= 4 is 0 Å². The van der Waals surface area contributed by atoms with E-state index in [1.807, 2.05) is 0 Å². The molecule has 0 aliphatic heterocycles. The van der Waals surface area contributed by atoms with Crippen LogP contribution in [0.4, 0.5) is 13.2 Å². The summed E-state index contributed by atoms with van der Waals surface area (Å²) in [6, 6.07) is 2.41. The predicted molar refractivity (Wildman–Crippen MR) is 32.8 cm³/mol. The molecule has 1 heterocycles. The average Bonchev–Trinajstić information content (AvgIpc) is 2.34. The number of rotatable bonds is 1. The second-order valence-corrected chi connectivity index (χ2v) is 2.03. The fraction of sp³-hybridized carbons (Fsp3) is 0.333. The highest BCUT2D eigenvalue weighted by molar-refractivity contribution is 5.05. The third-order valence-electron chi connectivity index (χ3n) is 1.23. The Morgan fingerprint density at radius 1 is 1.58 bits per heavy atom. The van der Waals surface area contributed by atoms with Crippen molar-refractivity contribution in [3.05, 3.63) is 18.0 Å². The van der Waals surface area contributed by atoms with Gasteiger partial charge in [0.2, 0.25) is 0 Å². The number of alkyl halides is 3. The molecule has 1 rings (SSSR count). The molecule has 0 aliphatic carbocycles. The molecular weight excluding hydrogens is 171 g/mol. The number of nitrogens with zero attached hydrogens (tertiary/aromatic N) is 3. The van der Waals surface area contributed by atoms with Crippen molar-refractivity contribution in [1.29, 1.82) is 5.26 Å². The number of aromatic nitrogens is 2. The van der Waals surface area contributed by atoms with Crippen molar-refractivity contribution in [2.24, 2.45) is 0 Å². The normalized spacial score (nSPS) is 11.2. The summed E-state index contributed by atoms with van der Waals surface area (Å²) in [5.41, 5.74) is -0.899. The summed E-state index contributed by atoms with van der Waals surface area (Å²) in [7, 11) is 0. The van der Waals surface area contributed by atoms with Crippen molar-refractivity contribution in [1.82, 2.24) is 9.78 Å². The van der Waals surface area contributed by atoms with Gasteiger partial charge in [-0.3, -0.25) is 0 Å². The van der Waals surface area contributed by atoms with Crippen molar-refractivity contribution in [2.45, 2.75) is 12.7 Å². The lowest BCUT2D eigenvalue weighted by Gasteiger charge is -2.06. The monoisotopic (exact) mass is 175 g/mol. The van der Waals surface area contributed by atoms with Gasteiger partial charge in [0.1, 0.15) is 12.2 Å². The van der Waals surface area contributed by atoms with Gasteiger partial charge in [-0.05, 0) is 6.07 Å². The molecular formula is C6H4F3N3. The fourth-order valence-corrected chi connectivity index (χ4v) is 0.766. The molecule has 0 radical (unpaired) electrons. The molecule has 64 valence electrons. The lowest BCUT2D eigenvalue weighted by molar-refractivity contribution is -0.143. The topological polar surface area (TPSA) is 41.6 Å². The minimum Gasteiger partial charge on any atom is -0.246 e. The fourth-order valence-electron chi connectivity index (χ4n) is 0.766. The molecule has 0 atom stereocenters. The maximum atomic E-state index is 12.0. The first-order valence-electron chi connectivity index (χ1n) is 3.01. The molecule has 12 heavy (non-hydrogen) atoms. The highest BCUT2D eigenvalue weighted by Gasteiger charge is 2.34. The molecule has 0 fully saturated rings. The van der Waals surface area contributed by atoms with E-state index in [-0.39, 0.29) is 6.54 Å². The SMILES string of the molecule is N#CCn1nccc1C(F)(F)F. The Balaban J connectivity index is 3.01. The van der Waals surface area contributed by atoms with Gasteiger partial charge in [0.05, 0.1) is 6.07 Å². The third kappa shape index (κ3) is 1.56. The Labute approximate surface area is 66.0 Å². The first-order chi connectivity index (χ1) is 5.55. The molecule has 0 saturated heterocycles. The Morgan fingerprint density at radius 3 is 2.75 bits per heavy atom. The van der Waals surface area contributed by atoms with E-state index in [0.717, 1.165) is 12.3 Å². The first-order valence-corrected chi connectivity index (χ1v) is 3.01. The first kappa shape index (κ1) is 8.59. The highest BCUT2D eigenvalue weighted by Crippen LogP contribution is 2.28. The van der Waals surface area contributed by atoms with Crippen molar-refractivity contribution in [2.75, 3.05) is 0 Å². The van der Waals surface area contributed by atoms with E-state index < -0.39 is 11.9 Å². The summed E-state index contributed by atoms with van der Waals surface area (Å²) in [6.45, 7) is -0.387. The summed E-state index contributed by atoms with van der Waals surface area (Å²) >= 11 is 0. The molecule has 0 aromatic carbocycles.